The maximum Gasteiger partial charge on any atom is 0.0968 e. The van der Waals surface area contributed by atoms with Crippen molar-refractivity contribution in [2.45, 2.75) is 26.3 Å². The summed E-state index contributed by atoms with van der Waals surface area (Å²) in [6.07, 6.45) is 3.99. The second-order valence-electron chi connectivity index (χ2n) is 4.10. The number of hydrogen-bond acceptors (Lipinski definition) is 3. The Balaban J connectivity index is 1.89. The van der Waals surface area contributed by atoms with E-state index in [9.17, 15) is 0 Å². The van der Waals surface area contributed by atoms with Crippen LogP contribution in [-0.2, 0) is 13.0 Å². The molecule has 3 heteroatoms. The first-order valence-electron chi connectivity index (χ1n) is 6.05. The minimum atomic E-state index is 0.945. The monoisotopic (exact) mass is 246 g/mol. The van der Waals surface area contributed by atoms with Gasteiger partial charge in [0.25, 0.3) is 0 Å². The fraction of sp³-hybridized carbons (Fsp3) is 0.357. The van der Waals surface area contributed by atoms with Crippen LogP contribution in [0, 0.1) is 0 Å². The van der Waals surface area contributed by atoms with Gasteiger partial charge in [0.2, 0.25) is 0 Å². The van der Waals surface area contributed by atoms with Gasteiger partial charge in [-0.1, -0.05) is 31.2 Å². The lowest BCUT2D eigenvalue weighted by Crippen LogP contribution is -2.13. The van der Waals surface area contributed by atoms with Crippen LogP contribution in [0.15, 0.2) is 35.8 Å². The van der Waals surface area contributed by atoms with Crippen molar-refractivity contribution in [3.05, 3.63) is 52.0 Å². The average Bonchev–Trinajstić information content (AvgIpc) is 2.85. The molecule has 0 fully saturated rings. The Morgan fingerprint density at radius 2 is 1.94 bits per heavy atom. The van der Waals surface area contributed by atoms with Crippen LogP contribution >= 0.6 is 11.3 Å². The number of benzene rings is 1. The lowest BCUT2D eigenvalue weighted by Gasteiger charge is -2.04. The number of rotatable bonds is 6. The van der Waals surface area contributed by atoms with E-state index in [-0.39, 0.29) is 0 Å². The zero-order valence-electron chi connectivity index (χ0n) is 10.1. The van der Waals surface area contributed by atoms with Crippen LogP contribution < -0.4 is 5.32 Å². The van der Waals surface area contributed by atoms with Crippen LogP contribution in [0.5, 0.6) is 0 Å². The largest absolute Gasteiger partial charge is 0.313 e. The molecule has 0 spiro atoms. The third-order valence-corrected chi connectivity index (χ3v) is 3.40. The molecule has 0 saturated carbocycles. The molecule has 0 atom stereocenters. The highest BCUT2D eigenvalue weighted by molar-refractivity contribution is 7.09. The van der Waals surface area contributed by atoms with Crippen LogP contribution in [0.4, 0.5) is 0 Å². The second kappa shape index (κ2) is 6.52. The summed E-state index contributed by atoms with van der Waals surface area (Å²) >= 11 is 1.72. The van der Waals surface area contributed by atoms with Gasteiger partial charge in [0.05, 0.1) is 5.01 Å². The van der Waals surface area contributed by atoms with E-state index in [1.54, 1.807) is 11.3 Å². The van der Waals surface area contributed by atoms with Crippen LogP contribution in [0.3, 0.4) is 0 Å². The molecule has 0 saturated heterocycles. The molecule has 0 unspecified atom stereocenters. The van der Waals surface area contributed by atoms with E-state index in [1.807, 2.05) is 11.6 Å². The number of nitrogens with zero attached hydrogens (tertiary/aromatic N) is 1. The van der Waals surface area contributed by atoms with Gasteiger partial charge in [-0.05, 0) is 24.1 Å². The minimum absolute atomic E-state index is 0.945. The number of thiazole rings is 1. The van der Waals surface area contributed by atoms with Crippen molar-refractivity contribution in [3.8, 4) is 0 Å². The smallest absolute Gasteiger partial charge is 0.0968 e. The molecular formula is C14H18N2S. The van der Waals surface area contributed by atoms with Crippen molar-refractivity contribution >= 4 is 11.3 Å². The maximum atomic E-state index is 4.30. The van der Waals surface area contributed by atoms with Crippen LogP contribution in [-0.4, -0.2) is 11.5 Å². The molecule has 0 bridgehead atoms. The van der Waals surface area contributed by atoms with Crippen molar-refractivity contribution < 1.29 is 0 Å². The van der Waals surface area contributed by atoms with Gasteiger partial charge < -0.3 is 5.32 Å². The molecule has 0 aliphatic rings. The quantitative estimate of drug-likeness (QED) is 0.792. The Morgan fingerprint density at radius 1 is 1.18 bits per heavy atom. The molecule has 1 N–H and O–H groups in total. The Kier molecular flexibility index (Phi) is 4.71. The van der Waals surface area contributed by atoms with E-state index in [0.717, 1.165) is 19.5 Å². The number of aromatic nitrogens is 1. The topological polar surface area (TPSA) is 24.9 Å². The van der Waals surface area contributed by atoms with Gasteiger partial charge in [-0.15, -0.1) is 11.3 Å². The first kappa shape index (κ1) is 12.3. The van der Waals surface area contributed by atoms with E-state index in [4.69, 9.17) is 0 Å². The van der Waals surface area contributed by atoms with Crippen LogP contribution in [0.25, 0.3) is 0 Å². The standard InChI is InChI=1S/C14H18N2S/c1-2-7-15-11-13-5-3-12(4-6-13)10-14-16-8-9-17-14/h3-6,8-9,15H,2,7,10-11H2,1H3. The van der Waals surface area contributed by atoms with Gasteiger partial charge in [0.1, 0.15) is 0 Å². The number of hydrogen-bond donors (Lipinski definition) is 1. The summed E-state index contributed by atoms with van der Waals surface area (Å²) in [5, 5.41) is 6.61. The summed E-state index contributed by atoms with van der Waals surface area (Å²) in [5.74, 6) is 0. The normalized spacial score (nSPS) is 10.6. The first-order chi connectivity index (χ1) is 8.38. The third-order valence-electron chi connectivity index (χ3n) is 2.62. The molecule has 1 aromatic carbocycles. The molecular weight excluding hydrogens is 228 g/mol. The summed E-state index contributed by atoms with van der Waals surface area (Å²) in [7, 11) is 0. The highest BCUT2D eigenvalue weighted by Gasteiger charge is 1.99. The van der Waals surface area contributed by atoms with E-state index < -0.39 is 0 Å². The predicted molar refractivity (Wildman–Crippen MR) is 73.4 cm³/mol. The summed E-state index contributed by atoms with van der Waals surface area (Å²) < 4.78 is 0. The molecule has 0 radical (unpaired) electrons. The molecule has 0 aliphatic carbocycles. The van der Waals surface area contributed by atoms with Gasteiger partial charge in [0, 0.05) is 24.5 Å². The Labute approximate surface area is 107 Å². The van der Waals surface area contributed by atoms with Crippen molar-refractivity contribution in [1.29, 1.82) is 0 Å². The Bertz CT molecular complexity index is 420. The summed E-state index contributed by atoms with van der Waals surface area (Å²) in [5.41, 5.74) is 2.68. The fourth-order valence-corrected chi connectivity index (χ4v) is 2.35. The molecule has 2 aromatic rings. The van der Waals surface area contributed by atoms with E-state index in [2.05, 4.69) is 41.5 Å². The lowest BCUT2D eigenvalue weighted by atomic mass is 10.1. The zero-order valence-corrected chi connectivity index (χ0v) is 11.0. The van der Waals surface area contributed by atoms with E-state index >= 15 is 0 Å². The molecule has 17 heavy (non-hydrogen) atoms. The molecule has 2 nitrogen and oxygen atoms in total. The molecule has 0 amide bonds. The van der Waals surface area contributed by atoms with Crippen molar-refractivity contribution in [3.63, 3.8) is 0 Å². The highest BCUT2D eigenvalue weighted by atomic mass is 32.1. The fourth-order valence-electron chi connectivity index (χ4n) is 1.70. The van der Waals surface area contributed by atoms with E-state index in [1.165, 1.54) is 22.6 Å². The van der Waals surface area contributed by atoms with Crippen LogP contribution in [0.1, 0.15) is 29.5 Å². The Morgan fingerprint density at radius 3 is 2.59 bits per heavy atom. The van der Waals surface area contributed by atoms with Gasteiger partial charge >= 0.3 is 0 Å². The van der Waals surface area contributed by atoms with Gasteiger partial charge in [0.15, 0.2) is 0 Å². The number of nitrogens with one attached hydrogen (secondary N) is 1. The minimum Gasteiger partial charge on any atom is -0.313 e. The SMILES string of the molecule is CCCNCc1ccc(Cc2nccs2)cc1. The molecule has 2 rings (SSSR count). The van der Waals surface area contributed by atoms with Gasteiger partial charge in [-0.25, -0.2) is 4.98 Å². The van der Waals surface area contributed by atoms with Gasteiger partial charge in [-0.2, -0.15) is 0 Å². The van der Waals surface area contributed by atoms with Crippen molar-refractivity contribution in [2.75, 3.05) is 6.54 Å². The van der Waals surface area contributed by atoms with Crippen molar-refractivity contribution in [1.82, 2.24) is 10.3 Å². The predicted octanol–water partition coefficient (Wildman–Crippen LogP) is 3.23. The van der Waals surface area contributed by atoms with Gasteiger partial charge in [-0.3, -0.25) is 0 Å². The Hall–Kier alpha value is -1.19. The molecule has 1 heterocycles. The van der Waals surface area contributed by atoms with Crippen LogP contribution in [0.2, 0.25) is 0 Å². The highest BCUT2D eigenvalue weighted by Crippen LogP contribution is 2.12. The second-order valence-corrected chi connectivity index (χ2v) is 5.08. The van der Waals surface area contributed by atoms with E-state index in [0.29, 0.717) is 0 Å². The first-order valence-corrected chi connectivity index (χ1v) is 6.93. The van der Waals surface area contributed by atoms with Crippen molar-refractivity contribution in [2.24, 2.45) is 0 Å². The third kappa shape index (κ3) is 3.95. The average molecular weight is 246 g/mol. The summed E-state index contributed by atoms with van der Waals surface area (Å²) in [6.45, 7) is 4.23. The summed E-state index contributed by atoms with van der Waals surface area (Å²) in [6, 6.07) is 8.80. The molecule has 90 valence electrons. The molecule has 0 aliphatic heterocycles. The zero-order chi connectivity index (χ0) is 11.9. The molecule has 1 aromatic heterocycles. The maximum absolute atomic E-state index is 4.30. The lowest BCUT2D eigenvalue weighted by molar-refractivity contribution is 0.675. The summed E-state index contributed by atoms with van der Waals surface area (Å²) in [4.78, 5) is 4.30.